The highest BCUT2D eigenvalue weighted by molar-refractivity contribution is 5.96. The molecule has 2 atom stereocenters. The van der Waals surface area contributed by atoms with Crippen LogP contribution in [0.1, 0.15) is 31.9 Å². The molecule has 1 aliphatic heterocycles. The highest BCUT2D eigenvalue weighted by Crippen LogP contribution is 2.31. The summed E-state index contributed by atoms with van der Waals surface area (Å²) in [6, 6.07) is 19.4. The Morgan fingerprint density at radius 3 is 2.50 bits per heavy atom. The van der Waals surface area contributed by atoms with E-state index in [1.807, 2.05) is 17.0 Å². The number of anilines is 1. The first-order valence-corrected chi connectivity index (χ1v) is 8.84. The molecule has 3 rings (SSSR count). The van der Waals surface area contributed by atoms with E-state index in [-0.39, 0.29) is 11.9 Å². The molecule has 0 aliphatic carbocycles. The number of carbonyl (C=O) groups excluding carboxylic acids is 1. The number of nitrogens with one attached hydrogen (secondary N) is 1. The van der Waals surface area contributed by atoms with Crippen molar-refractivity contribution in [2.75, 3.05) is 11.4 Å². The molecule has 3 heteroatoms. The van der Waals surface area contributed by atoms with E-state index < -0.39 is 0 Å². The molecule has 2 aromatic carbocycles. The lowest BCUT2D eigenvalue weighted by Crippen LogP contribution is -3.14. The molecule has 0 fully saturated rings. The topological polar surface area (TPSA) is 24.8 Å². The zero-order valence-corrected chi connectivity index (χ0v) is 14.8. The number of hydrogen-bond donors (Lipinski definition) is 1. The van der Waals surface area contributed by atoms with Gasteiger partial charge in [0.1, 0.15) is 6.54 Å². The molecule has 1 aliphatic rings. The summed E-state index contributed by atoms with van der Waals surface area (Å²) in [6.45, 7) is 7.93. The second-order valence-electron chi connectivity index (χ2n) is 7.10. The van der Waals surface area contributed by atoms with Crippen molar-refractivity contribution in [2.24, 2.45) is 0 Å². The highest BCUT2D eigenvalue weighted by atomic mass is 16.2. The van der Waals surface area contributed by atoms with Gasteiger partial charge in [0, 0.05) is 17.3 Å². The monoisotopic (exact) mass is 323 g/mol. The molecule has 0 saturated heterocycles. The maximum Gasteiger partial charge on any atom is 0.282 e. The van der Waals surface area contributed by atoms with Gasteiger partial charge in [0.15, 0.2) is 6.54 Å². The van der Waals surface area contributed by atoms with Crippen LogP contribution in [0.3, 0.4) is 0 Å². The van der Waals surface area contributed by atoms with Gasteiger partial charge in [-0.2, -0.15) is 0 Å². The summed E-state index contributed by atoms with van der Waals surface area (Å²) in [5.41, 5.74) is 3.66. The average Bonchev–Trinajstić information content (AvgIpc) is 2.90. The van der Waals surface area contributed by atoms with Crippen molar-refractivity contribution in [1.82, 2.24) is 0 Å². The van der Waals surface area contributed by atoms with Gasteiger partial charge < -0.3 is 9.80 Å². The van der Waals surface area contributed by atoms with E-state index in [1.54, 1.807) is 0 Å². The van der Waals surface area contributed by atoms with E-state index in [9.17, 15) is 4.79 Å². The Balaban J connectivity index is 1.74. The van der Waals surface area contributed by atoms with Gasteiger partial charge >= 0.3 is 0 Å². The number of amides is 1. The van der Waals surface area contributed by atoms with Crippen LogP contribution >= 0.6 is 0 Å². The van der Waals surface area contributed by atoms with Crippen LogP contribution in [0.4, 0.5) is 5.69 Å². The molecule has 0 radical (unpaired) electrons. The molecular formula is C21H27N2O+. The van der Waals surface area contributed by atoms with E-state index in [0.717, 1.165) is 18.7 Å². The SMILES string of the molecule is CC(C)[NH+](CC(=O)N1c2ccccc2C[C@H]1C)Cc1ccccc1. The minimum Gasteiger partial charge on any atom is -0.321 e. The van der Waals surface area contributed by atoms with Crippen molar-refractivity contribution in [3.05, 3.63) is 65.7 Å². The first kappa shape index (κ1) is 16.7. The molecule has 1 amide bonds. The van der Waals surface area contributed by atoms with Crippen molar-refractivity contribution < 1.29 is 9.69 Å². The molecule has 0 bridgehead atoms. The van der Waals surface area contributed by atoms with Crippen molar-refractivity contribution in [3.8, 4) is 0 Å². The number of carbonyl (C=O) groups is 1. The number of quaternary nitrogens is 1. The summed E-state index contributed by atoms with van der Waals surface area (Å²) in [7, 11) is 0. The quantitative estimate of drug-likeness (QED) is 0.898. The Bertz CT molecular complexity index is 696. The molecule has 1 heterocycles. The second kappa shape index (κ2) is 7.18. The predicted molar refractivity (Wildman–Crippen MR) is 98.2 cm³/mol. The Labute approximate surface area is 144 Å². The minimum absolute atomic E-state index is 0.229. The zero-order valence-electron chi connectivity index (χ0n) is 14.8. The summed E-state index contributed by atoms with van der Waals surface area (Å²) in [6.07, 6.45) is 0.956. The Kier molecular flexibility index (Phi) is 5.00. The molecule has 126 valence electrons. The predicted octanol–water partition coefficient (Wildman–Crippen LogP) is 2.46. The second-order valence-corrected chi connectivity index (χ2v) is 7.10. The lowest BCUT2D eigenvalue weighted by molar-refractivity contribution is -0.927. The van der Waals surface area contributed by atoms with Crippen molar-refractivity contribution in [1.29, 1.82) is 0 Å². The maximum absolute atomic E-state index is 13.0. The van der Waals surface area contributed by atoms with Gasteiger partial charge in [-0.25, -0.2) is 0 Å². The number of nitrogens with zero attached hydrogens (tertiary/aromatic N) is 1. The fraction of sp³-hybridized carbons (Fsp3) is 0.381. The molecular weight excluding hydrogens is 296 g/mol. The number of fused-ring (bicyclic) bond motifs is 1. The van der Waals surface area contributed by atoms with Gasteiger partial charge in [0.05, 0.1) is 6.04 Å². The molecule has 24 heavy (non-hydrogen) atoms. The third-order valence-corrected chi connectivity index (χ3v) is 4.94. The fourth-order valence-electron chi connectivity index (χ4n) is 3.55. The van der Waals surface area contributed by atoms with Crippen LogP contribution in [0.15, 0.2) is 54.6 Å². The lowest BCUT2D eigenvalue weighted by atomic mass is 10.1. The smallest absolute Gasteiger partial charge is 0.282 e. The van der Waals surface area contributed by atoms with Gasteiger partial charge in [-0.1, -0.05) is 48.5 Å². The van der Waals surface area contributed by atoms with Gasteiger partial charge in [-0.3, -0.25) is 4.79 Å². The van der Waals surface area contributed by atoms with E-state index >= 15 is 0 Å². The first-order valence-electron chi connectivity index (χ1n) is 8.84. The van der Waals surface area contributed by atoms with E-state index in [4.69, 9.17) is 0 Å². The number of hydrogen-bond acceptors (Lipinski definition) is 1. The van der Waals surface area contributed by atoms with Gasteiger partial charge in [0.25, 0.3) is 5.91 Å². The Morgan fingerprint density at radius 2 is 1.79 bits per heavy atom. The molecule has 0 spiro atoms. The third-order valence-electron chi connectivity index (χ3n) is 4.94. The van der Waals surface area contributed by atoms with Crippen LogP contribution in [-0.2, 0) is 17.8 Å². The molecule has 3 nitrogen and oxygen atoms in total. The molecule has 1 unspecified atom stereocenters. The highest BCUT2D eigenvalue weighted by Gasteiger charge is 2.32. The minimum atomic E-state index is 0.229. The van der Waals surface area contributed by atoms with Crippen LogP contribution < -0.4 is 9.80 Å². The van der Waals surface area contributed by atoms with Crippen LogP contribution in [0, 0.1) is 0 Å². The van der Waals surface area contributed by atoms with Crippen molar-refractivity contribution in [2.45, 2.75) is 45.8 Å². The molecule has 2 aromatic rings. The summed E-state index contributed by atoms with van der Waals surface area (Å²) in [5, 5.41) is 0. The van der Waals surface area contributed by atoms with Gasteiger partial charge in [0.2, 0.25) is 0 Å². The Morgan fingerprint density at radius 1 is 1.12 bits per heavy atom. The lowest BCUT2D eigenvalue weighted by Gasteiger charge is -2.28. The largest absolute Gasteiger partial charge is 0.321 e. The molecule has 1 N–H and O–H groups in total. The summed E-state index contributed by atoms with van der Waals surface area (Å²) >= 11 is 0. The third kappa shape index (κ3) is 3.51. The van der Waals surface area contributed by atoms with Crippen molar-refractivity contribution in [3.63, 3.8) is 0 Å². The standard InChI is InChI=1S/C21H26N2O/c1-16(2)22(14-18-9-5-4-6-10-18)15-21(24)23-17(3)13-19-11-7-8-12-20(19)23/h4-12,16-17H,13-15H2,1-3H3/p+1/t17-/m1/s1. The zero-order chi connectivity index (χ0) is 17.1. The van der Waals surface area contributed by atoms with E-state index in [0.29, 0.717) is 12.6 Å². The summed E-state index contributed by atoms with van der Waals surface area (Å²) in [5.74, 6) is 0.229. The number of benzene rings is 2. The van der Waals surface area contributed by atoms with Crippen LogP contribution in [0.25, 0.3) is 0 Å². The van der Waals surface area contributed by atoms with Crippen LogP contribution in [-0.4, -0.2) is 24.5 Å². The van der Waals surface area contributed by atoms with E-state index in [1.165, 1.54) is 16.0 Å². The molecule has 0 saturated carbocycles. The normalized spacial score (nSPS) is 17.8. The van der Waals surface area contributed by atoms with Crippen LogP contribution in [0.2, 0.25) is 0 Å². The Hall–Kier alpha value is -2.13. The van der Waals surface area contributed by atoms with Gasteiger partial charge in [-0.05, 0) is 38.8 Å². The van der Waals surface area contributed by atoms with E-state index in [2.05, 4.69) is 63.2 Å². The average molecular weight is 323 g/mol. The molecule has 0 aromatic heterocycles. The van der Waals surface area contributed by atoms with Gasteiger partial charge in [-0.15, -0.1) is 0 Å². The first-order chi connectivity index (χ1) is 11.6. The summed E-state index contributed by atoms with van der Waals surface area (Å²) in [4.78, 5) is 16.3. The summed E-state index contributed by atoms with van der Waals surface area (Å²) < 4.78 is 0. The number of rotatable bonds is 5. The van der Waals surface area contributed by atoms with Crippen LogP contribution in [0.5, 0.6) is 0 Å². The fourth-order valence-corrected chi connectivity index (χ4v) is 3.55. The van der Waals surface area contributed by atoms with Crippen molar-refractivity contribution >= 4 is 11.6 Å². The maximum atomic E-state index is 13.0. The number of para-hydroxylation sites is 1.